The molecule has 3 nitrogen and oxygen atoms in total. The second-order valence-corrected chi connectivity index (χ2v) is 5.41. The van der Waals surface area contributed by atoms with Crippen LogP contribution in [0.4, 0.5) is 4.39 Å². The number of halogens is 3. The number of nitrogens with two attached hydrogens (primary N) is 1. The summed E-state index contributed by atoms with van der Waals surface area (Å²) in [5.74, 6) is 5.12. The van der Waals surface area contributed by atoms with Crippen LogP contribution in [0.15, 0.2) is 41.0 Å². The Morgan fingerprint density at radius 3 is 2.74 bits per heavy atom. The van der Waals surface area contributed by atoms with Gasteiger partial charge < -0.3 is 0 Å². The highest BCUT2D eigenvalue weighted by Crippen LogP contribution is 2.23. The van der Waals surface area contributed by atoms with Gasteiger partial charge in [0, 0.05) is 33.4 Å². The molecule has 19 heavy (non-hydrogen) atoms. The van der Waals surface area contributed by atoms with Crippen molar-refractivity contribution < 1.29 is 4.39 Å². The molecule has 0 aliphatic rings. The highest BCUT2D eigenvalue weighted by molar-refractivity contribution is 9.10. The molecule has 1 unspecified atom stereocenters. The van der Waals surface area contributed by atoms with Crippen LogP contribution in [-0.2, 0) is 6.42 Å². The fraction of sp³-hybridized carbons (Fsp3) is 0.154. The van der Waals surface area contributed by atoms with Gasteiger partial charge in [-0.3, -0.25) is 16.3 Å². The summed E-state index contributed by atoms with van der Waals surface area (Å²) in [5.41, 5.74) is 3.90. The van der Waals surface area contributed by atoms with E-state index in [0.29, 0.717) is 17.0 Å². The first-order chi connectivity index (χ1) is 9.10. The predicted octanol–water partition coefficient (Wildman–Crippen LogP) is 3.38. The second kappa shape index (κ2) is 6.43. The first-order valence-corrected chi connectivity index (χ1v) is 6.78. The van der Waals surface area contributed by atoms with Gasteiger partial charge in [-0.1, -0.05) is 17.7 Å². The lowest BCUT2D eigenvalue weighted by Gasteiger charge is -2.16. The Morgan fingerprint density at radius 1 is 1.37 bits per heavy atom. The molecular weight excluding hydrogens is 333 g/mol. The molecule has 0 radical (unpaired) electrons. The van der Waals surface area contributed by atoms with E-state index >= 15 is 0 Å². The molecule has 2 rings (SSSR count). The van der Waals surface area contributed by atoms with E-state index in [2.05, 4.69) is 26.3 Å². The summed E-state index contributed by atoms with van der Waals surface area (Å²) in [4.78, 5) is 4.25. The highest BCUT2D eigenvalue weighted by Gasteiger charge is 2.15. The molecule has 1 atom stereocenters. The Labute approximate surface area is 124 Å². The van der Waals surface area contributed by atoms with Gasteiger partial charge in [-0.2, -0.15) is 0 Å². The molecule has 1 aromatic carbocycles. The summed E-state index contributed by atoms with van der Waals surface area (Å²) in [7, 11) is 0. The third kappa shape index (κ3) is 3.73. The third-order valence-electron chi connectivity index (χ3n) is 2.74. The summed E-state index contributed by atoms with van der Waals surface area (Å²) in [6, 6.07) is 7.93. The first-order valence-electron chi connectivity index (χ1n) is 5.61. The highest BCUT2D eigenvalue weighted by atomic mass is 79.9. The molecule has 0 fully saturated rings. The van der Waals surface area contributed by atoms with Crippen molar-refractivity contribution in [3.05, 3.63) is 63.1 Å². The minimum atomic E-state index is -0.382. The van der Waals surface area contributed by atoms with Gasteiger partial charge in [0.25, 0.3) is 0 Å². The van der Waals surface area contributed by atoms with Gasteiger partial charge in [0.15, 0.2) is 0 Å². The van der Waals surface area contributed by atoms with Crippen molar-refractivity contribution in [2.75, 3.05) is 0 Å². The van der Waals surface area contributed by atoms with Gasteiger partial charge in [-0.05, 0) is 40.2 Å². The maximum absolute atomic E-state index is 13.8. The molecule has 1 heterocycles. The molecule has 6 heteroatoms. The van der Waals surface area contributed by atoms with Crippen molar-refractivity contribution in [3.63, 3.8) is 0 Å². The van der Waals surface area contributed by atoms with Crippen LogP contribution < -0.4 is 11.3 Å². The minimum Gasteiger partial charge on any atom is -0.271 e. The summed E-state index contributed by atoms with van der Waals surface area (Å²) in [6.07, 6.45) is 2.18. The zero-order valence-corrected chi connectivity index (χ0v) is 12.2. The van der Waals surface area contributed by atoms with E-state index in [0.717, 1.165) is 10.2 Å². The Morgan fingerprint density at radius 2 is 2.16 bits per heavy atom. The Balaban J connectivity index is 2.22. The number of pyridine rings is 1. The molecule has 0 aliphatic heterocycles. The van der Waals surface area contributed by atoms with Crippen LogP contribution in [0.2, 0.25) is 5.02 Å². The monoisotopic (exact) mass is 343 g/mol. The van der Waals surface area contributed by atoms with Crippen LogP contribution in [-0.4, -0.2) is 4.98 Å². The van der Waals surface area contributed by atoms with Gasteiger partial charge in [0.05, 0.1) is 6.04 Å². The molecule has 0 saturated carbocycles. The molecule has 0 aliphatic carbocycles. The predicted molar refractivity (Wildman–Crippen MR) is 77.1 cm³/mol. The van der Waals surface area contributed by atoms with Crippen LogP contribution in [0, 0.1) is 5.82 Å². The number of hydrogen-bond acceptors (Lipinski definition) is 3. The van der Waals surface area contributed by atoms with E-state index in [1.54, 1.807) is 18.3 Å². The summed E-state index contributed by atoms with van der Waals surface area (Å²) in [6.45, 7) is 0. The molecule has 0 spiro atoms. The van der Waals surface area contributed by atoms with Crippen molar-refractivity contribution in [2.24, 2.45) is 5.84 Å². The average Bonchev–Trinajstić information content (AvgIpc) is 2.39. The summed E-state index contributed by atoms with van der Waals surface area (Å²) in [5, 5.41) is 0.360. The van der Waals surface area contributed by atoms with Crippen LogP contribution in [0.3, 0.4) is 0 Å². The van der Waals surface area contributed by atoms with Crippen LogP contribution in [0.1, 0.15) is 17.3 Å². The lowest BCUT2D eigenvalue weighted by atomic mass is 10.0. The van der Waals surface area contributed by atoms with E-state index in [4.69, 9.17) is 17.4 Å². The van der Waals surface area contributed by atoms with Crippen LogP contribution in [0.5, 0.6) is 0 Å². The maximum atomic E-state index is 13.8. The fourth-order valence-electron chi connectivity index (χ4n) is 1.78. The number of hydrazine groups is 1. The van der Waals surface area contributed by atoms with Crippen molar-refractivity contribution in [1.82, 2.24) is 10.4 Å². The van der Waals surface area contributed by atoms with Crippen molar-refractivity contribution in [1.29, 1.82) is 0 Å². The smallest absolute Gasteiger partial charge is 0.129 e. The molecule has 3 N–H and O–H groups in total. The van der Waals surface area contributed by atoms with Crippen LogP contribution in [0.25, 0.3) is 0 Å². The van der Waals surface area contributed by atoms with Crippen molar-refractivity contribution >= 4 is 27.5 Å². The molecule has 1 aromatic heterocycles. The van der Waals surface area contributed by atoms with Gasteiger partial charge in [0.1, 0.15) is 5.82 Å². The van der Waals surface area contributed by atoms with E-state index in [-0.39, 0.29) is 11.9 Å². The first kappa shape index (κ1) is 14.4. The second-order valence-electron chi connectivity index (χ2n) is 4.06. The lowest BCUT2D eigenvalue weighted by Crippen LogP contribution is -2.30. The van der Waals surface area contributed by atoms with Gasteiger partial charge in [0.2, 0.25) is 0 Å². The average molecular weight is 345 g/mol. The maximum Gasteiger partial charge on any atom is 0.129 e. The summed E-state index contributed by atoms with van der Waals surface area (Å²) >= 11 is 9.05. The van der Waals surface area contributed by atoms with Gasteiger partial charge in [-0.25, -0.2) is 4.39 Å². The minimum absolute atomic E-state index is 0.356. The quantitative estimate of drug-likeness (QED) is 0.660. The Hall–Kier alpha value is -1.01. The van der Waals surface area contributed by atoms with Crippen molar-refractivity contribution in [3.8, 4) is 0 Å². The van der Waals surface area contributed by atoms with E-state index in [9.17, 15) is 4.39 Å². The number of rotatable bonds is 4. The zero-order chi connectivity index (χ0) is 13.8. The Kier molecular flexibility index (Phi) is 4.87. The third-order valence-corrected chi connectivity index (χ3v) is 3.45. The Bertz CT molecular complexity index is 562. The normalized spacial score (nSPS) is 12.4. The van der Waals surface area contributed by atoms with Crippen molar-refractivity contribution in [2.45, 2.75) is 12.5 Å². The molecule has 0 amide bonds. The fourth-order valence-corrected chi connectivity index (χ4v) is 2.17. The van der Waals surface area contributed by atoms with Gasteiger partial charge in [-0.15, -0.1) is 0 Å². The number of nitrogens with zero attached hydrogens (tertiary/aromatic N) is 1. The van der Waals surface area contributed by atoms with Gasteiger partial charge >= 0.3 is 0 Å². The lowest BCUT2D eigenvalue weighted by molar-refractivity contribution is 0.507. The largest absolute Gasteiger partial charge is 0.271 e. The topological polar surface area (TPSA) is 50.9 Å². The molecule has 2 aromatic rings. The number of hydrogen-bond donors (Lipinski definition) is 2. The summed E-state index contributed by atoms with van der Waals surface area (Å²) < 4.78 is 14.7. The SMILES string of the molecule is NNC(Cc1ccc(Br)cn1)c1ccc(Cl)cc1F. The molecular formula is C13H12BrClFN3. The van der Waals surface area contributed by atoms with E-state index in [1.807, 2.05) is 12.1 Å². The van der Waals surface area contributed by atoms with E-state index < -0.39 is 0 Å². The number of aromatic nitrogens is 1. The van der Waals surface area contributed by atoms with Crippen LogP contribution >= 0.6 is 27.5 Å². The van der Waals surface area contributed by atoms with E-state index in [1.165, 1.54) is 6.07 Å². The molecule has 100 valence electrons. The zero-order valence-electron chi connectivity index (χ0n) is 9.91. The number of nitrogens with one attached hydrogen (secondary N) is 1. The standard InChI is InChI=1S/C13H12BrClFN3/c14-8-1-3-10(18-7-8)6-13(19-17)11-4-2-9(15)5-12(11)16/h1-5,7,13,19H,6,17H2. The molecule has 0 saturated heterocycles. The molecule has 0 bridgehead atoms. The number of benzene rings is 1.